The van der Waals surface area contributed by atoms with Crippen molar-refractivity contribution >= 4 is 0 Å². The molecular formula is C30H34O. The first-order valence-corrected chi connectivity index (χ1v) is 11.3. The van der Waals surface area contributed by atoms with Crippen molar-refractivity contribution in [2.24, 2.45) is 0 Å². The maximum Gasteiger partial charge on any atom is 0.0723 e. The van der Waals surface area contributed by atoms with Crippen LogP contribution >= 0.6 is 0 Å². The van der Waals surface area contributed by atoms with E-state index >= 15 is 0 Å². The Hall–Kier alpha value is -2.90. The highest BCUT2D eigenvalue weighted by Gasteiger charge is 2.04. The van der Waals surface area contributed by atoms with E-state index in [1.165, 1.54) is 33.4 Å². The average Bonchev–Trinajstić information content (AvgIpc) is 2.82. The van der Waals surface area contributed by atoms with Gasteiger partial charge in [-0.2, -0.15) is 0 Å². The van der Waals surface area contributed by atoms with Crippen molar-refractivity contribution in [1.29, 1.82) is 0 Å². The number of ether oxygens (including phenoxy) is 1. The summed E-state index contributed by atoms with van der Waals surface area (Å²) in [5, 5.41) is 0. The molecule has 0 N–H and O–H groups in total. The Morgan fingerprint density at radius 2 is 1.19 bits per heavy atom. The van der Waals surface area contributed by atoms with Gasteiger partial charge >= 0.3 is 0 Å². The van der Waals surface area contributed by atoms with Crippen molar-refractivity contribution in [3.05, 3.63) is 131 Å². The number of rotatable bonds is 12. The third-order valence-electron chi connectivity index (χ3n) is 5.63. The molecule has 31 heavy (non-hydrogen) atoms. The molecule has 0 saturated heterocycles. The standard InChI is InChI=1S/C30H34O/c1-3-5-8-25-11-13-26(14-12-25)15-16-27-17-19-28(20-18-27)21-22-29-9-6-7-10-30(29)24-31-23-4-2/h3-7,9-14,17-20H,2,8,15-16,21-24H2,1H3/b5-3+. The first-order chi connectivity index (χ1) is 15.3. The van der Waals surface area contributed by atoms with Crippen LogP contribution < -0.4 is 0 Å². The molecule has 0 bridgehead atoms. The molecule has 0 aliphatic rings. The summed E-state index contributed by atoms with van der Waals surface area (Å²) in [4.78, 5) is 0. The van der Waals surface area contributed by atoms with E-state index in [0.29, 0.717) is 13.2 Å². The van der Waals surface area contributed by atoms with Crippen LogP contribution in [0.15, 0.2) is 97.6 Å². The largest absolute Gasteiger partial charge is 0.373 e. The molecule has 0 radical (unpaired) electrons. The lowest BCUT2D eigenvalue weighted by atomic mass is 9.98. The smallest absolute Gasteiger partial charge is 0.0723 e. The first kappa shape index (κ1) is 22.8. The maximum atomic E-state index is 5.64. The molecule has 1 heteroatoms. The number of allylic oxidation sites excluding steroid dienone is 2. The van der Waals surface area contributed by atoms with Crippen molar-refractivity contribution in [3.63, 3.8) is 0 Å². The second kappa shape index (κ2) is 12.7. The van der Waals surface area contributed by atoms with Crippen molar-refractivity contribution in [2.75, 3.05) is 6.61 Å². The predicted octanol–water partition coefficient (Wildman–Crippen LogP) is 7.08. The van der Waals surface area contributed by atoms with Gasteiger partial charge in [-0.05, 0) is 72.4 Å². The Morgan fingerprint density at radius 1 is 0.677 bits per heavy atom. The quantitative estimate of drug-likeness (QED) is 0.229. The van der Waals surface area contributed by atoms with Gasteiger partial charge in [0.25, 0.3) is 0 Å². The Morgan fingerprint density at radius 3 is 1.74 bits per heavy atom. The lowest BCUT2D eigenvalue weighted by Crippen LogP contribution is -2.00. The third-order valence-corrected chi connectivity index (χ3v) is 5.63. The molecule has 0 aromatic heterocycles. The molecule has 0 aliphatic heterocycles. The van der Waals surface area contributed by atoms with Gasteiger partial charge in [0.05, 0.1) is 13.2 Å². The highest BCUT2D eigenvalue weighted by atomic mass is 16.5. The van der Waals surface area contributed by atoms with Crippen LogP contribution in [0.3, 0.4) is 0 Å². The molecule has 0 aliphatic carbocycles. The van der Waals surface area contributed by atoms with Gasteiger partial charge in [0, 0.05) is 0 Å². The summed E-state index contributed by atoms with van der Waals surface area (Å²) in [6.45, 7) is 7.03. The minimum atomic E-state index is 0.593. The number of hydrogen-bond donors (Lipinski definition) is 0. The van der Waals surface area contributed by atoms with Crippen LogP contribution in [0, 0.1) is 0 Å². The van der Waals surface area contributed by atoms with Crippen LogP contribution in [0.2, 0.25) is 0 Å². The van der Waals surface area contributed by atoms with Crippen LogP contribution in [0.5, 0.6) is 0 Å². The number of hydrogen-bond acceptors (Lipinski definition) is 1. The molecule has 3 rings (SSSR count). The van der Waals surface area contributed by atoms with Gasteiger partial charge in [-0.3, -0.25) is 0 Å². The Kier molecular flexibility index (Phi) is 9.34. The van der Waals surface area contributed by atoms with Gasteiger partial charge in [0.1, 0.15) is 0 Å². The predicted molar refractivity (Wildman–Crippen MR) is 133 cm³/mol. The molecule has 0 amide bonds. The van der Waals surface area contributed by atoms with E-state index in [2.05, 4.69) is 98.5 Å². The molecular weight excluding hydrogens is 376 g/mol. The summed E-state index contributed by atoms with van der Waals surface area (Å²) >= 11 is 0. The monoisotopic (exact) mass is 410 g/mol. The summed E-state index contributed by atoms with van der Waals surface area (Å²) in [5.74, 6) is 0. The van der Waals surface area contributed by atoms with Crippen molar-refractivity contribution < 1.29 is 4.74 Å². The second-order valence-corrected chi connectivity index (χ2v) is 7.98. The second-order valence-electron chi connectivity index (χ2n) is 7.98. The van der Waals surface area contributed by atoms with E-state index in [4.69, 9.17) is 4.74 Å². The molecule has 3 aromatic carbocycles. The Labute approximate surface area is 188 Å². The molecule has 3 aromatic rings. The fourth-order valence-corrected chi connectivity index (χ4v) is 3.73. The number of benzene rings is 3. The van der Waals surface area contributed by atoms with E-state index in [0.717, 1.165) is 32.1 Å². The van der Waals surface area contributed by atoms with Crippen molar-refractivity contribution in [1.82, 2.24) is 0 Å². The van der Waals surface area contributed by atoms with Gasteiger partial charge in [-0.1, -0.05) is 91.0 Å². The van der Waals surface area contributed by atoms with Crippen LogP contribution in [-0.2, 0) is 43.4 Å². The van der Waals surface area contributed by atoms with Gasteiger partial charge in [-0.15, -0.1) is 6.58 Å². The zero-order chi connectivity index (χ0) is 21.7. The lowest BCUT2D eigenvalue weighted by molar-refractivity contribution is 0.148. The van der Waals surface area contributed by atoms with Gasteiger partial charge < -0.3 is 4.74 Å². The minimum absolute atomic E-state index is 0.593. The highest BCUT2D eigenvalue weighted by Crippen LogP contribution is 2.16. The van der Waals surface area contributed by atoms with E-state index < -0.39 is 0 Å². The highest BCUT2D eigenvalue weighted by molar-refractivity contribution is 5.30. The zero-order valence-electron chi connectivity index (χ0n) is 18.7. The average molecular weight is 411 g/mol. The van der Waals surface area contributed by atoms with Crippen LogP contribution in [0.25, 0.3) is 0 Å². The first-order valence-electron chi connectivity index (χ1n) is 11.3. The summed E-state index contributed by atoms with van der Waals surface area (Å²) < 4.78 is 5.64. The molecule has 0 heterocycles. The Balaban J connectivity index is 1.49. The van der Waals surface area contributed by atoms with Gasteiger partial charge in [-0.25, -0.2) is 0 Å². The molecule has 1 nitrogen and oxygen atoms in total. The normalized spacial score (nSPS) is 11.1. The van der Waals surface area contributed by atoms with Crippen LogP contribution in [-0.4, -0.2) is 6.61 Å². The minimum Gasteiger partial charge on any atom is -0.373 e. The molecule has 0 saturated carbocycles. The van der Waals surface area contributed by atoms with E-state index in [-0.39, 0.29) is 0 Å². The fraction of sp³-hybridized carbons (Fsp3) is 0.267. The Bertz CT molecular complexity index is 948. The maximum absolute atomic E-state index is 5.64. The summed E-state index contributed by atoms with van der Waals surface area (Å²) in [7, 11) is 0. The lowest BCUT2D eigenvalue weighted by Gasteiger charge is -2.10. The fourth-order valence-electron chi connectivity index (χ4n) is 3.73. The van der Waals surface area contributed by atoms with E-state index in [1.54, 1.807) is 6.08 Å². The molecule has 0 unspecified atom stereocenters. The van der Waals surface area contributed by atoms with Gasteiger partial charge in [0.15, 0.2) is 0 Å². The summed E-state index contributed by atoms with van der Waals surface area (Å²) in [6, 6.07) is 26.7. The van der Waals surface area contributed by atoms with E-state index in [1.807, 2.05) is 0 Å². The summed E-state index contributed by atoms with van der Waals surface area (Å²) in [5.41, 5.74) is 8.22. The van der Waals surface area contributed by atoms with Crippen LogP contribution in [0.4, 0.5) is 0 Å². The van der Waals surface area contributed by atoms with E-state index in [9.17, 15) is 0 Å². The summed E-state index contributed by atoms with van der Waals surface area (Å²) in [6.07, 6.45) is 11.4. The zero-order valence-corrected chi connectivity index (χ0v) is 18.7. The SMILES string of the molecule is C=CCOCc1ccccc1CCc1ccc(CCc2ccc(C/C=C/C)cc2)cc1. The molecule has 160 valence electrons. The van der Waals surface area contributed by atoms with Crippen LogP contribution in [0.1, 0.15) is 40.3 Å². The molecule has 0 fully saturated rings. The molecule has 0 spiro atoms. The molecule has 0 atom stereocenters. The third kappa shape index (κ3) is 7.70. The number of aryl methyl sites for hydroxylation is 4. The van der Waals surface area contributed by atoms with Crippen molar-refractivity contribution in [2.45, 2.75) is 45.6 Å². The topological polar surface area (TPSA) is 9.23 Å². The van der Waals surface area contributed by atoms with Gasteiger partial charge in [0.2, 0.25) is 0 Å². The van der Waals surface area contributed by atoms with Crippen molar-refractivity contribution in [3.8, 4) is 0 Å².